The fourth-order valence-electron chi connectivity index (χ4n) is 1.64. The molecule has 0 radical (unpaired) electrons. The van der Waals surface area contributed by atoms with Gasteiger partial charge >= 0.3 is 0 Å². The van der Waals surface area contributed by atoms with Gasteiger partial charge in [-0.05, 0) is 32.4 Å². The normalized spacial score (nSPS) is 12.5. The molecule has 112 valence electrons. The Balaban J connectivity index is 2.68. The van der Waals surface area contributed by atoms with Crippen LogP contribution in [0.5, 0.6) is 0 Å². The molecule has 1 aromatic carbocycles. The summed E-state index contributed by atoms with van der Waals surface area (Å²) in [5.74, 6) is 0.807. The quantitative estimate of drug-likeness (QED) is 0.784. The van der Waals surface area contributed by atoms with Crippen LogP contribution in [0.2, 0.25) is 10.0 Å². The van der Waals surface area contributed by atoms with Crippen molar-refractivity contribution in [1.82, 2.24) is 4.90 Å². The van der Waals surface area contributed by atoms with Crippen LogP contribution < -0.4 is 11.1 Å². The number of anilines is 2. The summed E-state index contributed by atoms with van der Waals surface area (Å²) in [6, 6.07) is 3.43. The Labute approximate surface area is 134 Å². The molecule has 0 aromatic heterocycles. The molecule has 4 nitrogen and oxygen atoms in total. The third-order valence-corrected chi connectivity index (χ3v) is 4.29. The Kier molecular flexibility index (Phi) is 6.95. The van der Waals surface area contributed by atoms with E-state index in [1.165, 1.54) is 0 Å². The number of carbonyl (C=O) groups excluding carboxylic acids is 1. The highest BCUT2D eigenvalue weighted by molar-refractivity contribution is 7.98. The van der Waals surface area contributed by atoms with E-state index in [0.29, 0.717) is 27.5 Å². The molecule has 0 aliphatic heterocycles. The first-order valence-corrected chi connectivity index (χ1v) is 8.23. The second-order valence-electron chi connectivity index (χ2n) is 4.63. The van der Waals surface area contributed by atoms with E-state index < -0.39 is 0 Å². The van der Waals surface area contributed by atoms with Gasteiger partial charge < -0.3 is 11.1 Å². The molecule has 0 saturated carbocycles. The molecule has 0 bridgehead atoms. The van der Waals surface area contributed by atoms with Crippen LogP contribution >= 0.6 is 35.0 Å². The second-order valence-corrected chi connectivity index (χ2v) is 6.35. The van der Waals surface area contributed by atoms with Gasteiger partial charge in [-0.25, -0.2) is 0 Å². The number of likely N-dealkylation sites (N-methyl/N-ethyl adjacent to an activating group) is 1. The Hall–Kier alpha value is -0.620. The molecule has 1 aromatic rings. The summed E-state index contributed by atoms with van der Waals surface area (Å²) >= 11 is 13.8. The monoisotopic (exact) mass is 335 g/mol. The van der Waals surface area contributed by atoms with Gasteiger partial charge in [-0.15, -0.1) is 0 Å². The lowest BCUT2D eigenvalue weighted by molar-refractivity contribution is -0.117. The minimum atomic E-state index is -0.158. The average Bonchev–Trinajstić information content (AvgIpc) is 2.34. The van der Waals surface area contributed by atoms with E-state index in [9.17, 15) is 4.79 Å². The number of carbonyl (C=O) groups is 1. The largest absolute Gasteiger partial charge is 0.399 e. The van der Waals surface area contributed by atoms with Gasteiger partial charge in [-0.2, -0.15) is 11.8 Å². The molecule has 1 amide bonds. The lowest BCUT2D eigenvalue weighted by Crippen LogP contribution is -2.37. The number of halogens is 2. The molecule has 1 unspecified atom stereocenters. The number of nitrogens with two attached hydrogens (primary N) is 1. The maximum Gasteiger partial charge on any atom is 0.238 e. The molecule has 1 atom stereocenters. The SMILES string of the molecule is CSCC(C)N(C)CC(=O)Nc1c(Cl)cc(N)cc1Cl. The van der Waals surface area contributed by atoms with Gasteiger partial charge in [0.2, 0.25) is 5.91 Å². The zero-order chi connectivity index (χ0) is 15.3. The summed E-state index contributed by atoms with van der Waals surface area (Å²) in [5, 5.41) is 3.40. The number of benzene rings is 1. The van der Waals surface area contributed by atoms with Crippen molar-refractivity contribution in [1.29, 1.82) is 0 Å². The van der Waals surface area contributed by atoms with E-state index in [-0.39, 0.29) is 12.5 Å². The van der Waals surface area contributed by atoms with Crippen LogP contribution in [0.3, 0.4) is 0 Å². The van der Waals surface area contributed by atoms with Crippen molar-refractivity contribution in [2.24, 2.45) is 0 Å². The Morgan fingerprint density at radius 2 is 2.00 bits per heavy atom. The summed E-state index contributed by atoms with van der Waals surface area (Å²) in [5.41, 5.74) is 6.48. The molecule has 0 spiro atoms. The minimum Gasteiger partial charge on any atom is -0.399 e. The van der Waals surface area contributed by atoms with Crippen molar-refractivity contribution in [2.75, 3.05) is 36.7 Å². The summed E-state index contributed by atoms with van der Waals surface area (Å²) < 4.78 is 0. The number of nitrogens with one attached hydrogen (secondary N) is 1. The molecular weight excluding hydrogens is 317 g/mol. The minimum absolute atomic E-state index is 0.158. The molecule has 0 aliphatic rings. The Morgan fingerprint density at radius 1 is 1.45 bits per heavy atom. The van der Waals surface area contributed by atoms with Crippen molar-refractivity contribution in [3.8, 4) is 0 Å². The van der Waals surface area contributed by atoms with E-state index in [1.807, 2.05) is 18.2 Å². The molecule has 20 heavy (non-hydrogen) atoms. The molecule has 7 heteroatoms. The fourth-order valence-corrected chi connectivity index (χ4v) is 2.98. The topological polar surface area (TPSA) is 58.4 Å². The van der Waals surface area contributed by atoms with Gasteiger partial charge in [0.05, 0.1) is 22.3 Å². The molecule has 0 saturated heterocycles. The van der Waals surface area contributed by atoms with Crippen molar-refractivity contribution >= 4 is 52.2 Å². The summed E-state index contributed by atoms with van der Waals surface area (Å²) in [6.07, 6.45) is 2.04. The number of rotatable bonds is 6. The van der Waals surface area contributed by atoms with Gasteiger partial charge in [0.15, 0.2) is 0 Å². The lowest BCUT2D eigenvalue weighted by Gasteiger charge is -2.23. The zero-order valence-corrected chi connectivity index (χ0v) is 14.1. The third kappa shape index (κ3) is 5.05. The molecule has 3 N–H and O–H groups in total. The third-order valence-electron chi connectivity index (χ3n) is 2.88. The number of thioether (sulfide) groups is 1. The van der Waals surface area contributed by atoms with Gasteiger partial charge in [-0.1, -0.05) is 23.2 Å². The van der Waals surface area contributed by atoms with Crippen LogP contribution in [0.15, 0.2) is 12.1 Å². The van der Waals surface area contributed by atoms with Crippen LogP contribution in [0.25, 0.3) is 0 Å². The molecule has 0 heterocycles. The first-order chi connectivity index (χ1) is 9.35. The lowest BCUT2D eigenvalue weighted by atomic mass is 10.2. The van der Waals surface area contributed by atoms with Crippen LogP contribution in [-0.2, 0) is 4.79 Å². The van der Waals surface area contributed by atoms with Gasteiger partial charge in [0.25, 0.3) is 0 Å². The fraction of sp³-hybridized carbons (Fsp3) is 0.462. The second kappa shape index (κ2) is 7.98. The van der Waals surface area contributed by atoms with Crippen LogP contribution in [0, 0.1) is 0 Å². The zero-order valence-electron chi connectivity index (χ0n) is 11.7. The van der Waals surface area contributed by atoms with E-state index in [2.05, 4.69) is 12.2 Å². The van der Waals surface area contributed by atoms with Gasteiger partial charge in [0, 0.05) is 17.5 Å². The predicted octanol–water partition coefficient (Wildman–Crippen LogP) is 3.20. The maximum atomic E-state index is 12.0. The first kappa shape index (κ1) is 17.4. The highest BCUT2D eigenvalue weighted by atomic mass is 35.5. The van der Waals surface area contributed by atoms with Crippen LogP contribution in [0.4, 0.5) is 11.4 Å². The van der Waals surface area contributed by atoms with E-state index >= 15 is 0 Å². The standard InChI is InChI=1S/C13H19Cl2N3OS/c1-8(7-20-3)18(2)6-12(19)17-13-10(14)4-9(16)5-11(13)15/h4-5,8H,6-7,16H2,1-3H3,(H,17,19). The van der Waals surface area contributed by atoms with Crippen molar-refractivity contribution < 1.29 is 4.79 Å². The molecule has 0 aliphatic carbocycles. The summed E-state index contributed by atoms with van der Waals surface area (Å²) in [4.78, 5) is 14.0. The van der Waals surface area contributed by atoms with E-state index in [1.54, 1.807) is 23.9 Å². The summed E-state index contributed by atoms with van der Waals surface area (Å²) in [6.45, 7) is 2.35. The maximum absolute atomic E-state index is 12.0. The number of nitrogens with zero attached hydrogens (tertiary/aromatic N) is 1. The Bertz CT molecular complexity index is 462. The number of nitrogen functional groups attached to an aromatic ring is 1. The highest BCUT2D eigenvalue weighted by Gasteiger charge is 2.15. The molecular formula is C13H19Cl2N3OS. The first-order valence-electron chi connectivity index (χ1n) is 6.08. The average molecular weight is 336 g/mol. The van der Waals surface area contributed by atoms with E-state index in [0.717, 1.165) is 5.75 Å². The van der Waals surface area contributed by atoms with Crippen molar-refractivity contribution in [2.45, 2.75) is 13.0 Å². The van der Waals surface area contributed by atoms with E-state index in [4.69, 9.17) is 28.9 Å². The van der Waals surface area contributed by atoms with Crippen LogP contribution in [-0.4, -0.2) is 42.4 Å². The van der Waals surface area contributed by atoms with Gasteiger partial charge in [-0.3, -0.25) is 9.69 Å². The summed E-state index contributed by atoms with van der Waals surface area (Å²) in [7, 11) is 1.91. The smallest absolute Gasteiger partial charge is 0.238 e. The number of hydrogen-bond donors (Lipinski definition) is 2. The highest BCUT2D eigenvalue weighted by Crippen LogP contribution is 2.32. The molecule has 1 rings (SSSR count). The van der Waals surface area contributed by atoms with Crippen molar-refractivity contribution in [3.63, 3.8) is 0 Å². The molecule has 0 fully saturated rings. The Morgan fingerprint density at radius 3 is 2.50 bits per heavy atom. The van der Waals surface area contributed by atoms with Crippen LogP contribution in [0.1, 0.15) is 6.92 Å². The van der Waals surface area contributed by atoms with Crippen molar-refractivity contribution in [3.05, 3.63) is 22.2 Å². The van der Waals surface area contributed by atoms with Gasteiger partial charge in [0.1, 0.15) is 0 Å². The predicted molar refractivity (Wildman–Crippen MR) is 90.0 cm³/mol. The number of hydrogen-bond acceptors (Lipinski definition) is 4. The number of amides is 1.